The molecule has 122 valence electrons. The van der Waals surface area contributed by atoms with Crippen molar-refractivity contribution in [2.45, 2.75) is 13.8 Å². The lowest BCUT2D eigenvalue weighted by Crippen LogP contribution is -2.21. The van der Waals surface area contributed by atoms with Gasteiger partial charge in [-0.05, 0) is 36.3 Å². The third kappa shape index (κ3) is 2.82. The molecule has 0 spiro atoms. The Morgan fingerprint density at radius 2 is 2.21 bits per heavy atom. The molecule has 0 radical (unpaired) electrons. The topological polar surface area (TPSA) is 150 Å². The summed E-state index contributed by atoms with van der Waals surface area (Å²) in [7, 11) is 0. The molecule has 1 amide bonds. The lowest BCUT2D eigenvalue weighted by molar-refractivity contribution is 0.0949. The summed E-state index contributed by atoms with van der Waals surface area (Å²) in [6.07, 6.45) is 1.64. The van der Waals surface area contributed by atoms with Crippen LogP contribution in [0.15, 0.2) is 34.1 Å². The second kappa shape index (κ2) is 6.24. The van der Waals surface area contributed by atoms with Gasteiger partial charge >= 0.3 is 0 Å². The van der Waals surface area contributed by atoms with Crippen molar-refractivity contribution in [2.75, 3.05) is 5.73 Å². The highest BCUT2D eigenvalue weighted by Crippen LogP contribution is 2.14. The smallest absolute Gasteiger partial charge is 0.293 e. The second-order valence-corrected chi connectivity index (χ2v) is 4.76. The molecule has 3 N–H and O–H groups in total. The summed E-state index contributed by atoms with van der Waals surface area (Å²) in [5.41, 5.74) is 9.72. The summed E-state index contributed by atoms with van der Waals surface area (Å²) in [4.78, 5) is 16.4. The first-order valence-corrected chi connectivity index (χ1v) is 6.84. The van der Waals surface area contributed by atoms with Gasteiger partial charge in [0.15, 0.2) is 5.69 Å². The van der Waals surface area contributed by atoms with Crippen LogP contribution in [0.5, 0.6) is 0 Å². The van der Waals surface area contributed by atoms with Gasteiger partial charge in [-0.3, -0.25) is 9.78 Å². The third-order valence-corrected chi connectivity index (χ3v) is 3.17. The number of amides is 1. The fraction of sp³-hybridized carbons (Fsp3) is 0.154. The van der Waals surface area contributed by atoms with Crippen LogP contribution in [0.1, 0.15) is 28.8 Å². The number of anilines is 1. The minimum absolute atomic E-state index is 0.0407. The molecule has 0 saturated heterocycles. The average molecular weight is 327 g/mol. The molecule has 0 aliphatic carbocycles. The number of hydrazone groups is 1. The molecule has 3 rings (SSSR count). The molecule has 0 unspecified atom stereocenters. The number of carbonyl (C=O) groups excluding carboxylic acids is 1. The maximum atomic E-state index is 12.2. The van der Waals surface area contributed by atoms with E-state index in [9.17, 15) is 4.79 Å². The molecule has 0 fully saturated rings. The molecule has 11 nitrogen and oxygen atoms in total. The summed E-state index contributed by atoms with van der Waals surface area (Å²) < 4.78 is 5.77. The van der Waals surface area contributed by atoms with Crippen LogP contribution in [-0.4, -0.2) is 41.9 Å². The lowest BCUT2D eigenvalue weighted by atomic mass is 10.3. The molecule has 0 aliphatic rings. The highest BCUT2D eigenvalue weighted by molar-refractivity contribution is 5.99. The van der Waals surface area contributed by atoms with Crippen LogP contribution >= 0.6 is 0 Å². The first-order chi connectivity index (χ1) is 11.6. The highest BCUT2D eigenvalue weighted by atomic mass is 16.6. The molecular formula is C13H13N9O2. The predicted octanol–water partition coefficient (Wildman–Crippen LogP) is 0.0899. The van der Waals surface area contributed by atoms with Gasteiger partial charge in [-0.25, -0.2) is 10.1 Å². The van der Waals surface area contributed by atoms with E-state index in [1.165, 1.54) is 4.68 Å². The van der Waals surface area contributed by atoms with Gasteiger partial charge in [0.1, 0.15) is 0 Å². The largest absolute Gasteiger partial charge is 0.378 e. The number of nitrogens with one attached hydrogen (secondary N) is 1. The van der Waals surface area contributed by atoms with Crippen LogP contribution in [0.2, 0.25) is 0 Å². The van der Waals surface area contributed by atoms with Crippen molar-refractivity contribution < 1.29 is 9.42 Å². The van der Waals surface area contributed by atoms with Crippen LogP contribution in [0.3, 0.4) is 0 Å². The van der Waals surface area contributed by atoms with Crippen molar-refractivity contribution in [2.24, 2.45) is 5.10 Å². The summed E-state index contributed by atoms with van der Waals surface area (Å²) in [5, 5.41) is 18.7. The maximum Gasteiger partial charge on any atom is 0.293 e. The Labute approximate surface area is 135 Å². The Balaban J connectivity index is 1.79. The molecule has 0 atom stereocenters. The standard InChI is InChI=1S/C13H13N9O2/c1-7(9-5-3-4-6-15-9)16-18-13(23)10-8(2)22(21-17-10)12-11(14)19-24-20-12/h3-6H,1-2H3,(H2,14,19)(H,18,23)/b16-7-. The fourth-order valence-electron chi connectivity index (χ4n) is 1.90. The van der Waals surface area contributed by atoms with E-state index in [1.807, 2.05) is 6.07 Å². The van der Waals surface area contributed by atoms with Crippen molar-refractivity contribution in [3.8, 4) is 5.82 Å². The van der Waals surface area contributed by atoms with Gasteiger partial charge in [-0.1, -0.05) is 11.3 Å². The van der Waals surface area contributed by atoms with E-state index < -0.39 is 5.91 Å². The first-order valence-electron chi connectivity index (χ1n) is 6.84. The molecule has 3 aromatic heterocycles. The van der Waals surface area contributed by atoms with Crippen LogP contribution in [0, 0.1) is 6.92 Å². The number of rotatable bonds is 4. The quantitative estimate of drug-likeness (QED) is 0.505. The highest BCUT2D eigenvalue weighted by Gasteiger charge is 2.20. The fourth-order valence-corrected chi connectivity index (χ4v) is 1.90. The number of nitrogens with zero attached hydrogens (tertiary/aromatic N) is 7. The molecule has 0 aromatic carbocycles. The molecule has 0 bridgehead atoms. The van der Waals surface area contributed by atoms with Gasteiger partial charge in [0.05, 0.1) is 17.1 Å². The Bertz CT molecular complexity index is 897. The molecular weight excluding hydrogens is 314 g/mol. The number of hydrogen-bond donors (Lipinski definition) is 2. The molecule has 0 saturated carbocycles. The summed E-state index contributed by atoms with van der Waals surface area (Å²) in [5.74, 6) is -0.324. The van der Waals surface area contributed by atoms with E-state index >= 15 is 0 Å². The summed E-state index contributed by atoms with van der Waals surface area (Å²) >= 11 is 0. The zero-order valence-corrected chi connectivity index (χ0v) is 12.8. The summed E-state index contributed by atoms with van der Waals surface area (Å²) in [6, 6.07) is 5.41. The van der Waals surface area contributed by atoms with Crippen LogP contribution in [-0.2, 0) is 0 Å². The molecule has 3 aromatic rings. The van der Waals surface area contributed by atoms with E-state index in [0.717, 1.165) is 0 Å². The van der Waals surface area contributed by atoms with Crippen molar-refractivity contribution in [3.63, 3.8) is 0 Å². The molecule has 3 heterocycles. The zero-order chi connectivity index (χ0) is 17.1. The lowest BCUT2D eigenvalue weighted by Gasteiger charge is -2.01. The van der Waals surface area contributed by atoms with Crippen LogP contribution in [0.4, 0.5) is 5.82 Å². The number of hydrogen-bond acceptors (Lipinski definition) is 9. The van der Waals surface area contributed by atoms with Crippen LogP contribution in [0.25, 0.3) is 5.82 Å². The van der Waals surface area contributed by atoms with E-state index in [4.69, 9.17) is 5.73 Å². The number of pyridine rings is 1. The minimum atomic E-state index is -0.524. The van der Waals surface area contributed by atoms with E-state index in [0.29, 0.717) is 17.1 Å². The third-order valence-electron chi connectivity index (χ3n) is 3.17. The molecule has 0 aliphatic heterocycles. The van der Waals surface area contributed by atoms with Gasteiger partial charge in [0.2, 0.25) is 11.6 Å². The Kier molecular flexibility index (Phi) is 3.97. The van der Waals surface area contributed by atoms with E-state index in [2.05, 4.69) is 40.8 Å². The molecule has 24 heavy (non-hydrogen) atoms. The number of nitrogens with two attached hydrogens (primary N) is 1. The number of aromatic nitrogens is 6. The second-order valence-electron chi connectivity index (χ2n) is 4.76. The monoisotopic (exact) mass is 327 g/mol. The Hall–Kier alpha value is -3.63. The van der Waals surface area contributed by atoms with Crippen molar-refractivity contribution in [1.29, 1.82) is 0 Å². The predicted molar refractivity (Wildman–Crippen MR) is 82.3 cm³/mol. The number of nitrogen functional groups attached to an aromatic ring is 1. The van der Waals surface area contributed by atoms with E-state index in [1.54, 1.807) is 32.2 Å². The van der Waals surface area contributed by atoms with Gasteiger partial charge in [0.25, 0.3) is 5.91 Å². The van der Waals surface area contributed by atoms with Crippen molar-refractivity contribution in [3.05, 3.63) is 41.5 Å². The van der Waals surface area contributed by atoms with Gasteiger partial charge in [0, 0.05) is 6.20 Å². The minimum Gasteiger partial charge on any atom is -0.378 e. The zero-order valence-electron chi connectivity index (χ0n) is 12.8. The Morgan fingerprint density at radius 3 is 2.88 bits per heavy atom. The summed E-state index contributed by atoms with van der Waals surface area (Å²) in [6.45, 7) is 3.37. The van der Waals surface area contributed by atoms with E-state index in [-0.39, 0.29) is 17.3 Å². The van der Waals surface area contributed by atoms with Crippen molar-refractivity contribution in [1.82, 2.24) is 35.7 Å². The normalized spacial score (nSPS) is 11.5. The van der Waals surface area contributed by atoms with Crippen molar-refractivity contribution >= 4 is 17.4 Å². The SMILES string of the molecule is C/C(=N/NC(=O)c1nnn(-c2nonc2N)c1C)c1ccccn1. The average Bonchev–Trinajstić information content (AvgIpc) is 3.18. The number of carbonyl (C=O) groups is 1. The van der Waals surface area contributed by atoms with Gasteiger partial charge in [-0.15, -0.1) is 5.10 Å². The maximum absolute atomic E-state index is 12.2. The van der Waals surface area contributed by atoms with Crippen LogP contribution < -0.4 is 11.2 Å². The first kappa shape index (κ1) is 15.3. The van der Waals surface area contributed by atoms with Gasteiger partial charge in [-0.2, -0.15) is 9.78 Å². The Morgan fingerprint density at radius 1 is 1.38 bits per heavy atom. The van der Waals surface area contributed by atoms with Gasteiger partial charge < -0.3 is 5.73 Å². The molecule has 11 heteroatoms.